The zero-order chi connectivity index (χ0) is 20.2. The molecule has 0 atom stereocenters. The first kappa shape index (κ1) is 19.4. The summed E-state index contributed by atoms with van der Waals surface area (Å²) in [5.74, 6) is 0.111. The highest BCUT2D eigenvalue weighted by atomic mass is 32.2. The Morgan fingerprint density at radius 1 is 1.10 bits per heavy atom. The molecular weight excluding hydrogens is 402 g/mol. The number of carbonyl (C=O) groups is 1. The van der Waals surface area contributed by atoms with E-state index >= 15 is 0 Å². The lowest BCUT2D eigenvalue weighted by molar-refractivity contribution is -0.118. The SMILES string of the molecule is Cn1c(SCC(=O)NCc2ccccc2)nc2scc(-c3ccccc3)c2c1=O. The summed E-state index contributed by atoms with van der Waals surface area (Å²) in [5.41, 5.74) is 2.85. The zero-order valence-electron chi connectivity index (χ0n) is 15.8. The third-order valence-corrected chi connectivity index (χ3v) is 6.43. The van der Waals surface area contributed by atoms with E-state index in [4.69, 9.17) is 0 Å². The van der Waals surface area contributed by atoms with Gasteiger partial charge in [0, 0.05) is 24.5 Å². The van der Waals surface area contributed by atoms with Gasteiger partial charge in [-0.1, -0.05) is 72.4 Å². The zero-order valence-corrected chi connectivity index (χ0v) is 17.4. The molecule has 2 aromatic carbocycles. The van der Waals surface area contributed by atoms with E-state index in [2.05, 4.69) is 10.3 Å². The average Bonchev–Trinajstić information content (AvgIpc) is 3.19. The molecule has 5 nitrogen and oxygen atoms in total. The van der Waals surface area contributed by atoms with Gasteiger partial charge in [0.1, 0.15) is 4.83 Å². The van der Waals surface area contributed by atoms with Gasteiger partial charge in [-0.05, 0) is 11.1 Å². The van der Waals surface area contributed by atoms with Gasteiger partial charge >= 0.3 is 0 Å². The van der Waals surface area contributed by atoms with E-state index < -0.39 is 0 Å². The Morgan fingerprint density at radius 3 is 2.52 bits per heavy atom. The number of carbonyl (C=O) groups excluding carboxylic acids is 1. The Morgan fingerprint density at radius 2 is 1.79 bits per heavy atom. The smallest absolute Gasteiger partial charge is 0.263 e. The second-order valence-corrected chi connectivity index (χ2v) is 8.31. The number of hydrogen-bond donors (Lipinski definition) is 1. The van der Waals surface area contributed by atoms with Crippen molar-refractivity contribution in [2.24, 2.45) is 7.05 Å². The Bertz CT molecular complexity index is 1200. The number of nitrogens with one attached hydrogen (secondary N) is 1. The van der Waals surface area contributed by atoms with Gasteiger partial charge in [0.05, 0.1) is 11.1 Å². The fourth-order valence-electron chi connectivity index (χ4n) is 2.99. The third kappa shape index (κ3) is 4.26. The van der Waals surface area contributed by atoms with Crippen LogP contribution in [0.3, 0.4) is 0 Å². The molecule has 29 heavy (non-hydrogen) atoms. The van der Waals surface area contributed by atoms with Gasteiger partial charge in [-0.3, -0.25) is 14.2 Å². The van der Waals surface area contributed by atoms with Gasteiger partial charge in [-0.2, -0.15) is 0 Å². The number of aromatic nitrogens is 2. The highest BCUT2D eigenvalue weighted by Gasteiger charge is 2.16. The van der Waals surface area contributed by atoms with Crippen molar-refractivity contribution in [3.05, 3.63) is 82.0 Å². The van der Waals surface area contributed by atoms with Gasteiger partial charge in [0.15, 0.2) is 5.16 Å². The van der Waals surface area contributed by atoms with Gasteiger partial charge in [0.2, 0.25) is 5.91 Å². The standard InChI is InChI=1S/C22H19N3O2S2/c1-25-21(27)19-17(16-10-6-3-7-11-16)13-28-20(19)24-22(25)29-14-18(26)23-12-15-8-4-2-5-9-15/h2-11,13H,12,14H2,1H3,(H,23,26). The highest BCUT2D eigenvalue weighted by molar-refractivity contribution is 7.99. The highest BCUT2D eigenvalue weighted by Crippen LogP contribution is 2.31. The molecule has 7 heteroatoms. The lowest BCUT2D eigenvalue weighted by Crippen LogP contribution is -2.25. The summed E-state index contributed by atoms with van der Waals surface area (Å²) in [5, 5.41) is 6.03. The van der Waals surface area contributed by atoms with Gasteiger partial charge < -0.3 is 5.32 Å². The van der Waals surface area contributed by atoms with Crippen LogP contribution in [0.25, 0.3) is 21.3 Å². The molecule has 2 aromatic heterocycles. The molecule has 146 valence electrons. The van der Waals surface area contributed by atoms with Crippen LogP contribution in [-0.2, 0) is 18.4 Å². The van der Waals surface area contributed by atoms with Crippen molar-refractivity contribution < 1.29 is 4.79 Å². The van der Waals surface area contributed by atoms with Gasteiger partial charge in [-0.15, -0.1) is 11.3 Å². The summed E-state index contributed by atoms with van der Waals surface area (Å²) in [6.45, 7) is 0.483. The van der Waals surface area contributed by atoms with Crippen LogP contribution < -0.4 is 10.9 Å². The lowest BCUT2D eigenvalue weighted by Gasteiger charge is -2.08. The Kier molecular flexibility index (Phi) is 5.78. The van der Waals surface area contributed by atoms with Crippen LogP contribution in [0.2, 0.25) is 0 Å². The molecule has 0 aliphatic heterocycles. The molecule has 1 amide bonds. The minimum Gasteiger partial charge on any atom is -0.351 e. The first-order valence-electron chi connectivity index (χ1n) is 9.10. The monoisotopic (exact) mass is 421 g/mol. The maximum absolute atomic E-state index is 13.0. The minimum absolute atomic E-state index is 0.0932. The normalized spacial score (nSPS) is 10.9. The number of thiophene rings is 1. The largest absolute Gasteiger partial charge is 0.351 e. The predicted octanol–water partition coefficient (Wildman–Crippen LogP) is 4.07. The molecule has 0 aliphatic carbocycles. The molecule has 2 heterocycles. The summed E-state index contributed by atoms with van der Waals surface area (Å²) >= 11 is 2.72. The maximum Gasteiger partial charge on any atom is 0.263 e. The second kappa shape index (κ2) is 8.63. The first-order chi connectivity index (χ1) is 14.1. The fraction of sp³-hybridized carbons (Fsp3) is 0.136. The topological polar surface area (TPSA) is 64.0 Å². The summed E-state index contributed by atoms with van der Waals surface area (Å²) in [6, 6.07) is 19.6. The second-order valence-electron chi connectivity index (χ2n) is 6.51. The molecule has 0 radical (unpaired) electrons. The predicted molar refractivity (Wildman–Crippen MR) is 119 cm³/mol. The van der Waals surface area contributed by atoms with E-state index in [1.54, 1.807) is 7.05 Å². The van der Waals surface area contributed by atoms with E-state index in [0.29, 0.717) is 21.9 Å². The van der Waals surface area contributed by atoms with E-state index in [0.717, 1.165) is 16.7 Å². The van der Waals surface area contributed by atoms with Crippen LogP contribution in [0.5, 0.6) is 0 Å². The maximum atomic E-state index is 13.0. The summed E-state index contributed by atoms with van der Waals surface area (Å²) in [7, 11) is 1.70. The number of benzene rings is 2. The summed E-state index contributed by atoms with van der Waals surface area (Å²) < 4.78 is 1.52. The molecule has 4 rings (SSSR count). The third-order valence-electron chi connectivity index (χ3n) is 4.52. The molecule has 4 aromatic rings. The lowest BCUT2D eigenvalue weighted by atomic mass is 10.1. The molecule has 0 unspecified atom stereocenters. The molecule has 0 bridgehead atoms. The molecule has 0 saturated carbocycles. The van der Waals surface area contributed by atoms with E-state index in [9.17, 15) is 9.59 Å². The van der Waals surface area contributed by atoms with Crippen LogP contribution in [0.1, 0.15) is 5.56 Å². The molecule has 0 spiro atoms. The average molecular weight is 422 g/mol. The number of rotatable bonds is 6. The number of fused-ring (bicyclic) bond motifs is 1. The van der Waals surface area contributed by atoms with E-state index in [1.807, 2.05) is 66.0 Å². The van der Waals surface area contributed by atoms with E-state index in [-0.39, 0.29) is 17.2 Å². The van der Waals surface area contributed by atoms with Crippen molar-refractivity contribution >= 4 is 39.2 Å². The summed E-state index contributed by atoms with van der Waals surface area (Å²) in [4.78, 5) is 30.5. The minimum atomic E-state index is -0.0951. The molecule has 0 aliphatic rings. The van der Waals surface area contributed by atoms with Crippen molar-refractivity contribution in [2.45, 2.75) is 11.7 Å². The number of hydrogen-bond acceptors (Lipinski definition) is 5. The Balaban J connectivity index is 1.51. The number of nitrogens with zero attached hydrogens (tertiary/aromatic N) is 2. The van der Waals surface area contributed by atoms with Crippen molar-refractivity contribution in [1.29, 1.82) is 0 Å². The van der Waals surface area contributed by atoms with E-state index in [1.165, 1.54) is 27.7 Å². The molecule has 0 saturated heterocycles. The number of amides is 1. The van der Waals surface area contributed by atoms with Crippen LogP contribution >= 0.6 is 23.1 Å². The fourth-order valence-corrected chi connectivity index (χ4v) is 4.78. The van der Waals surface area contributed by atoms with Crippen LogP contribution in [0, 0.1) is 0 Å². The number of thioether (sulfide) groups is 1. The van der Waals surface area contributed by atoms with Crippen LogP contribution in [-0.4, -0.2) is 21.2 Å². The van der Waals surface area contributed by atoms with Crippen molar-refractivity contribution in [3.8, 4) is 11.1 Å². The van der Waals surface area contributed by atoms with Crippen LogP contribution in [0.15, 0.2) is 76.0 Å². The van der Waals surface area contributed by atoms with Crippen LogP contribution in [0.4, 0.5) is 0 Å². The quantitative estimate of drug-likeness (QED) is 0.377. The van der Waals surface area contributed by atoms with Crippen molar-refractivity contribution in [3.63, 3.8) is 0 Å². The summed E-state index contributed by atoms with van der Waals surface area (Å²) in [6.07, 6.45) is 0. The first-order valence-corrected chi connectivity index (χ1v) is 11.0. The van der Waals surface area contributed by atoms with Gasteiger partial charge in [0.25, 0.3) is 5.56 Å². The Hall–Kier alpha value is -2.90. The van der Waals surface area contributed by atoms with Gasteiger partial charge in [-0.25, -0.2) is 4.98 Å². The molecule has 0 fully saturated rings. The Labute approximate surface area is 176 Å². The van der Waals surface area contributed by atoms with Crippen molar-refractivity contribution in [2.75, 3.05) is 5.75 Å². The molecular formula is C22H19N3O2S2. The van der Waals surface area contributed by atoms with Crippen molar-refractivity contribution in [1.82, 2.24) is 14.9 Å². The molecule has 1 N–H and O–H groups in total.